The lowest BCUT2D eigenvalue weighted by Gasteiger charge is -2.00. The van der Waals surface area contributed by atoms with Gasteiger partial charge in [-0.1, -0.05) is 47.7 Å². The lowest BCUT2D eigenvalue weighted by atomic mass is 10.2. The number of hydrogen-bond donors (Lipinski definition) is 1. The average Bonchev–Trinajstić information content (AvgIpc) is 2.42. The molecular weight excluding hydrogens is 254 g/mol. The van der Waals surface area contributed by atoms with Gasteiger partial charge in [0.25, 0.3) is 0 Å². The molecule has 0 saturated heterocycles. The molecule has 0 unspecified atom stereocenters. The molecule has 1 N–H and O–H groups in total. The summed E-state index contributed by atoms with van der Waals surface area (Å²) in [5, 5.41) is 4.59. The van der Waals surface area contributed by atoms with Crippen LogP contribution in [0.2, 0.25) is 0 Å². The number of amides is 1. The van der Waals surface area contributed by atoms with Gasteiger partial charge in [0.2, 0.25) is 5.91 Å². The first-order valence-electron chi connectivity index (χ1n) is 6.00. The highest BCUT2D eigenvalue weighted by molar-refractivity contribution is 8.02. The van der Waals surface area contributed by atoms with E-state index in [2.05, 4.69) is 24.4 Å². The van der Waals surface area contributed by atoms with E-state index in [1.807, 2.05) is 42.5 Å². The molecule has 0 heterocycles. The fraction of sp³-hybridized carbons (Fsp3) is 0.0625. The highest BCUT2D eigenvalue weighted by atomic mass is 32.2. The van der Waals surface area contributed by atoms with Gasteiger partial charge in [0.15, 0.2) is 0 Å². The number of anilines is 1. The van der Waals surface area contributed by atoms with Gasteiger partial charge >= 0.3 is 0 Å². The van der Waals surface area contributed by atoms with Crippen LogP contribution >= 0.6 is 11.8 Å². The average molecular weight is 269 g/mol. The zero-order valence-corrected chi connectivity index (χ0v) is 11.5. The van der Waals surface area contributed by atoms with E-state index in [4.69, 9.17) is 0 Å². The third kappa shape index (κ3) is 4.64. The zero-order valence-electron chi connectivity index (χ0n) is 10.7. The normalized spacial score (nSPS) is 10.6. The third-order valence-corrected chi connectivity index (χ3v) is 3.30. The quantitative estimate of drug-likeness (QED) is 0.664. The molecule has 19 heavy (non-hydrogen) atoms. The highest BCUT2D eigenvalue weighted by Crippen LogP contribution is 2.19. The molecule has 0 aliphatic heterocycles. The monoisotopic (exact) mass is 269 g/mol. The Bertz CT molecular complexity index is 561. The van der Waals surface area contributed by atoms with Crippen LogP contribution in [0.4, 0.5) is 5.69 Å². The maximum absolute atomic E-state index is 11.6. The molecule has 0 atom stereocenters. The Kier molecular flexibility index (Phi) is 4.81. The first kappa shape index (κ1) is 13.4. The Balaban J connectivity index is 1.85. The minimum atomic E-state index is -0.120. The molecule has 0 aliphatic carbocycles. The fourth-order valence-electron chi connectivity index (χ4n) is 1.50. The summed E-state index contributed by atoms with van der Waals surface area (Å²) < 4.78 is 0. The lowest BCUT2D eigenvalue weighted by Crippen LogP contribution is -2.07. The summed E-state index contributed by atoms with van der Waals surface area (Å²) in [5.74, 6) is -0.120. The second-order valence-electron chi connectivity index (χ2n) is 4.09. The van der Waals surface area contributed by atoms with E-state index >= 15 is 0 Å². The van der Waals surface area contributed by atoms with E-state index in [1.165, 1.54) is 23.4 Å². The zero-order chi connectivity index (χ0) is 13.5. The summed E-state index contributed by atoms with van der Waals surface area (Å²) in [6.07, 6.45) is 1.54. The van der Waals surface area contributed by atoms with Crippen molar-refractivity contribution in [2.75, 3.05) is 5.32 Å². The van der Waals surface area contributed by atoms with Crippen LogP contribution in [0.1, 0.15) is 5.56 Å². The van der Waals surface area contributed by atoms with Crippen molar-refractivity contribution in [2.24, 2.45) is 0 Å². The van der Waals surface area contributed by atoms with Crippen molar-refractivity contribution in [1.29, 1.82) is 0 Å². The molecule has 0 saturated carbocycles. The number of aryl methyl sites for hydroxylation is 1. The molecule has 0 aromatic heterocycles. The molecule has 0 spiro atoms. The molecular formula is C16H15NOS. The summed E-state index contributed by atoms with van der Waals surface area (Å²) in [5.41, 5.74) is 2.03. The summed E-state index contributed by atoms with van der Waals surface area (Å²) in [7, 11) is 0. The predicted molar refractivity (Wildman–Crippen MR) is 81.2 cm³/mol. The minimum absolute atomic E-state index is 0.120. The van der Waals surface area contributed by atoms with Crippen molar-refractivity contribution in [3.63, 3.8) is 0 Å². The van der Waals surface area contributed by atoms with Crippen molar-refractivity contribution in [3.05, 3.63) is 71.6 Å². The van der Waals surface area contributed by atoms with Gasteiger partial charge < -0.3 is 5.32 Å². The molecule has 2 aromatic carbocycles. The smallest absolute Gasteiger partial charge is 0.248 e. The van der Waals surface area contributed by atoms with Gasteiger partial charge in [0.05, 0.1) is 0 Å². The van der Waals surface area contributed by atoms with Crippen LogP contribution in [0, 0.1) is 6.92 Å². The number of carbonyl (C=O) groups is 1. The van der Waals surface area contributed by atoms with Crippen molar-refractivity contribution in [3.8, 4) is 0 Å². The van der Waals surface area contributed by atoms with Crippen LogP contribution in [0.25, 0.3) is 0 Å². The molecule has 0 aliphatic rings. The first-order valence-corrected chi connectivity index (χ1v) is 6.88. The van der Waals surface area contributed by atoms with Crippen LogP contribution in [-0.4, -0.2) is 5.91 Å². The van der Waals surface area contributed by atoms with E-state index in [0.29, 0.717) is 0 Å². The van der Waals surface area contributed by atoms with Gasteiger partial charge in [-0.15, -0.1) is 0 Å². The van der Waals surface area contributed by atoms with Gasteiger partial charge in [-0.3, -0.25) is 4.79 Å². The van der Waals surface area contributed by atoms with Gasteiger partial charge in [-0.2, -0.15) is 0 Å². The van der Waals surface area contributed by atoms with Gasteiger partial charge in [-0.05, 0) is 36.6 Å². The van der Waals surface area contributed by atoms with Crippen molar-refractivity contribution in [2.45, 2.75) is 11.8 Å². The first-order chi connectivity index (χ1) is 9.24. The standard InChI is InChI=1S/C16H15NOS/c1-13-7-9-15(10-8-13)19-12-11-16(18)17-14-5-3-2-4-6-14/h2-12H,1H3,(H,17,18)/b12-11-. The summed E-state index contributed by atoms with van der Waals surface area (Å²) in [6, 6.07) is 17.6. The van der Waals surface area contributed by atoms with E-state index in [0.717, 1.165) is 10.6 Å². The summed E-state index contributed by atoms with van der Waals surface area (Å²) >= 11 is 1.53. The number of thioether (sulfide) groups is 1. The molecule has 3 heteroatoms. The maximum Gasteiger partial charge on any atom is 0.248 e. The SMILES string of the molecule is Cc1ccc(S/C=C\C(=O)Nc2ccccc2)cc1. The molecule has 2 nitrogen and oxygen atoms in total. The van der Waals surface area contributed by atoms with Gasteiger partial charge in [0.1, 0.15) is 0 Å². The van der Waals surface area contributed by atoms with Crippen molar-refractivity contribution >= 4 is 23.4 Å². The van der Waals surface area contributed by atoms with Crippen LogP contribution in [0.5, 0.6) is 0 Å². The number of benzene rings is 2. The lowest BCUT2D eigenvalue weighted by molar-refractivity contribution is -0.111. The van der Waals surface area contributed by atoms with Crippen LogP contribution in [-0.2, 0) is 4.79 Å². The maximum atomic E-state index is 11.6. The fourth-order valence-corrected chi connectivity index (χ4v) is 2.14. The summed E-state index contributed by atoms with van der Waals surface area (Å²) in [6.45, 7) is 2.05. The molecule has 0 fully saturated rings. The molecule has 2 rings (SSSR count). The van der Waals surface area contributed by atoms with E-state index < -0.39 is 0 Å². The molecule has 2 aromatic rings. The van der Waals surface area contributed by atoms with E-state index in [-0.39, 0.29) is 5.91 Å². The Morgan fingerprint density at radius 3 is 2.42 bits per heavy atom. The summed E-state index contributed by atoms with van der Waals surface area (Å²) in [4.78, 5) is 12.8. The van der Waals surface area contributed by atoms with Crippen LogP contribution < -0.4 is 5.32 Å². The van der Waals surface area contributed by atoms with E-state index in [1.54, 1.807) is 5.41 Å². The number of para-hydroxylation sites is 1. The molecule has 0 radical (unpaired) electrons. The number of carbonyl (C=O) groups excluding carboxylic acids is 1. The largest absolute Gasteiger partial charge is 0.322 e. The van der Waals surface area contributed by atoms with Crippen molar-refractivity contribution in [1.82, 2.24) is 0 Å². The van der Waals surface area contributed by atoms with Crippen LogP contribution in [0.15, 0.2) is 71.0 Å². The molecule has 96 valence electrons. The topological polar surface area (TPSA) is 29.1 Å². The van der Waals surface area contributed by atoms with E-state index in [9.17, 15) is 4.79 Å². The number of rotatable bonds is 4. The number of nitrogens with one attached hydrogen (secondary N) is 1. The second kappa shape index (κ2) is 6.81. The Morgan fingerprint density at radius 2 is 1.74 bits per heavy atom. The van der Waals surface area contributed by atoms with Gasteiger partial charge in [-0.25, -0.2) is 0 Å². The molecule has 1 amide bonds. The highest BCUT2D eigenvalue weighted by Gasteiger charge is 1.96. The Morgan fingerprint density at radius 1 is 1.05 bits per heavy atom. The van der Waals surface area contributed by atoms with Crippen molar-refractivity contribution < 1.29 is 4.79 Å². The third-order valence-electron chi connectivity index (χ3n) is 2.49. The van der Waals surface area contributed by atoms with Gasteiger partial charge in [0, 0.05) is 16.7 Å². The van der Waals surface area contributed by atoms with Crippen LogP contribution in [0.3, 0.4) is 0 Å². The molecule has 0 bridgehead atoms. The Hall–Kier alpha value is -2.00. The number of hydrogen-bond acceptors (Lipinski definition) is 2. The Labute approximate surface area is 117 Å². The second-order valence-corrected chi connectivity index (χ2v) is 5.07. The predicted octanol–water partition coefficient (Wildman–Crippen LogP) is 4.24. The minimum Gasteiger partial charge on any atom is -0.322 e.